The van der Waals surface area contributed by atoms with E-state index in [9.17, 15) is 13.9 Å². The summed E-state index contributed by atoms with van der Waals surface area (Å²) in [5, 5.41) is 10.2. The predicted octanol–water partition coefficient (Wildman–Crippen LogP) is 4.40. The first-order valence-electron chi connectivity index (χ1n) is 6.56. The lowest BCUT2D eigenvalue weighted by Gasteiger charge is -2.15. The van der Waals surface area contributed by atoms with Gasteiger partial charge in [0.25, 0.3) is 0 Å². The second-order valence-electron chi connectivity index (χ2n) is 4.54. The van der Waals surface area contributed by atoms with Crippen LogP contribution in [0.3, 0.4) is 0 Å². The van der Waals surface area contributed by atoms with E-state index in [0.717, 1.165) is 0 Å². The Morgan fingerprint density at radius 3 is 2.43 bits per heavy atom. The van der Waals surface area contributed by atoms with Crippen molar-refractivity contribution in [2.75, 3.05) is 6.61 Å². The zero-order valence-corrected chi connectivity index (χ0v) is 13.0. The highest BCUT2D eigenvalue weighted by molar-refractivity contribution is 9.10. The van der Waals surface area contributed by atoms with Crippen molar-refractivity contribution in [3.63, 3.8) is 0 Å². The Hall–Kier alpha value is -1.46. The molecular weight excluding hydrogens is 342 g/mol. The minimum Gasteiger partial charge on any atom is -0.494 e. The lowest BCUT2D eigenvalue weighted by molar-refractivity contribution is 0.174. The molecule has 112 valence electrons. The van der Waals surface area contributed by atoms with E-state index in [-0.39, 0.29) is 12.0 Å². The SMILES string of the molecule is CCOc1ccc(C(O)Cc2c(F)cccc2F)c(Br)c1. The van der Waals surface area contributed by atoms with Gasteiger partial charge in [0, 0.05) is 16.5 Å². The number of halogens is 3. The average Bonchev–Trinajstić information content (AvgIpc) is 2.43. The zero-order chi connectivity index (χ0) is 15.4. The molecule has 2 nitrogen and oxygen atoms in total. The molecule has 0 aliphatic heterocycles. The average molecular weight is 357 g/mol. The topological polar surface area (TPSA) is 29.5 Å². The summed E-state index contributed by atoms with van der Waals surface area (Å²) in [4.78, 5) is 0. The quantitative estimate of drug-likeness (QED) is 0.860. The van der Waals surface area contributed by atoms with Crippen LogP contribution in [0, 0.1) is 11.6 Å². The van der Waals surface area contributed by atoms with Crippen LogP contribution in [0.15, 0.2) is 40.9 Å². The van der Waals surface area contributed by atoms with E-state index in [2.05, 4.69) is 15.9 Å². The Balaban J connectivity index is 2.22. The van der Waals surface area contributed by atoms with Crippen molar-refractivity contribution in [2.24, 2.45) is 0 Å². The van der Waals surface area contributed by atoms with Gasteiger partial charge in [-0.2, -0.15) is 0 Å². The molecule has 0 saturated carbocycles. The smallest absolute Gasteiger partial charge is 0.129 e. The summed E-state index contributed by atoms with van der Waals surface area (Å²) in [6, 6.07) is 8.77. The van der Waals surface area contributed by atoms with Gasteiger partial charge in [-0.05, 0) is 36.8 Å². The molecule has 1 atom stereocenters. The molecule has 0 amide bonds. The molecule has 0 bridgehead atoms. The van der Waals surface area contributed by atoms with Crippen molar-refractivity contribution in [2.45, 2.75) is 19.4 Å². The summed E-state index contributed by atoms with van der Waals surface area (Å²) in [5.74, 6) is -0.649. The highest BCUT2D eigenvalue weighted by atomic mass is 79.9. The molecule has 1 unspecified atom stereocenters. The number of hydrogen-bond donors (Lipinski definition) is 1. The molecule has 0 saturated heterocycles. The first-order chi connectivity index (χ1) is 10.0. The summed E-state index contributed by atoms with van der Waals surface area (Å²) in [7, 11) is 0. The number of benzene rings is 2. The number of rotatable bonds is 5. The van der Waals surface area contributed by atoms with Crippen LogP contribution in [0.4, 0.5) is 8.78 Å². The van der Waals surface area contributed by atoms with Gasteiger partial charge < -0.3 is 9.84 Å². The Labute approximate surface area is 130 Å². The summed E-state index contributed by atoms with van der Waals surface area (Å²) in [6.07, 6.45) is -1.15. The Bertz CT molecular complexity index is 611. The normalized spacial score (nSPS) is 12.2. The second kappa shape index (κ2) is 7.00. The minimum atomic E-state index is -1.01. The van der Waals surface area contributed by atoms with E-state index in [1.165, 1.54) is 18.2 Å². The standard InChI is InChI=1S/C16H15BrF2O2/c1-2-21-10-6-7-11(13(17)8-10)16(20)9-12-14(18)4-3-5-15(12)19/h3-8,16,20H,2,9H2,1H3. The molecule has 0 aliphatic carbocycles. The van der Waals surface area contributed by atoms with E-state index in [1.807, 2.05) is 6.92 Å². The van der Waals surface area contributed by atoms with Crippen LogP contribution < -0.4 is 4.74 Å². The van der Waals surface area contributed by atoms with E-state index >= 15 is 0 Å². The predicted molar refractivity (Wildman–Crippen MR) is 80.3 cm³/mol. The van der Waals surface area contributed by atoms with Crippen molar-refractivity contribution in [1.82, 2.24) is 0 Å². The number of aliphatic hydroxyl groups is 1. The summed E-state index contributed by atoms with van der Waals surface area (Å²) < 4.78 is 33.2. The molecule has 0 radical (unpaired) electrons. The molecule has 0 aliphatic rings. The molecule has 5 heteroatoms. The molecule has 1 N–H and O–H groups in total. The summed E-state index contributed by atoms with van der Waals surface area (Å²) in [5.41, 5.74) is 0.437. The van der Waals surface area contributed by atoms with Gasteiger partial charge >= 0.3 is 0 Å². The van der Waals surface area contributed by atoms with Crippen LogP contribution in [0.25, 0.3) is 0 Å². The summed E-state index contributed by atoms with van der Waals surface area (Å²) in [6.45, 7) is 2.41. The van der Waals surface area contributed by atoms with E-state index in [4.69, 9.17) is 4.74 Å². The molecule has 2 aromatic carbocycles. The fourth-order valence-electron chi connectivity index (χ4n) is 2.07. The van der Waals surface area contributed by atoms with Gasteiger partial charge in [-0.25, -0.2) is 8.78 Å². The summed E-state index contributed by atoms with van der Waals surface area (Å²) >= 11 is 3.34. The van der Waals surface area contributed by atoms with Crippen LogP contribution in [-0.2, 0) is 6.42 Å². The third kappa shape index (κ3) is 3.80. The van der Waals surface area contributed by atoms with Crippen molar-refractivity contribution in [3.05, 3.63) is 63.6 Å². The lowest BCUT2D eigenvalue weighted by Crippen LogP contribution is -2.06. The van der Waals surface area contributed by atoms with Gasteiger partial charge in [-0.1, -0.05) is 28.1 Å². The van der Waals surface area contributed by atoms with Gasteiger partial charge in [-0.3, -0.25) is 0 Å². The molecule has 0 fully saturated rings. The van der Waals surface area contributed by atoms with Crippen molar-refractivity contribution >= 4 is 15.9 Å². The van der Waals surface area contributed by atoms with Crippen molar-refractivity contribution in [1.29, 1.82) is 0 Å². The second-order valence-corrected chi connectivity index (χ2v) is 5.39. The van der Waals surface area contributed by atoms with Crippen molar-refractivity contribution < 1.29 is 18.6 Å². The Morgan fingerprint density at radius 1 is 1.19 bits per heavy atom. The maximum Gasteiger partial charge on any atom is 0.129 e. The van der Waals surface area contributed by atoms with Gasteiger partial charge in [0.15, 0.2) is 0 Å². The molecule has 21 heavy (non-hydrogen) atoms. The molecule has 0 spiro atoms. The number of hydrogen-bond acceptors (Lipinski definition) is 2. The zero-order valence-electron chi connectivity index (χ0n) is 11.4. The van der Waals surface area contributed by atoms with Gasteiger partial charge in [0.1, 0.15) is 17.4 Å². The third-order valence-corrected chi connectivity index (χ3v) is 3.79. The van der Waals surface area contributed by atoms with Crippen LogP contribution >= 0.6 is 15.9 Å². The van der Waals surface area contributed by atoms with Gasteiger partial charge in [-0.15, -0.1) is 0 Å². The van der Waals surface area contributed by atoms with Crippen LogP contribution in [-0.4, -0.2) is 11.7 Å². The number of aliphatic hydroxyl groups excluding tert-OH is 1. The Morgan fingerprint density at radius 2 is 1.86 bits per heavy atom. The molecule has 2 rings (SSSR count). The van der Waals surface area contributed by atoms with Crippen molar-refractivity contribution in [3.8, 4) is 5.75 Å². The lowest BCUT2D eigenvalue weighted by atomic mass is 10.0. The fourth-order valence-corrected chi connectivity index (χ4v) is 2.69. The number of ether oxygens (including phenoxy) is 1. The van der Waals surface area contributed by atoms with Gasteiger partial charge in [0.2, 0.25) is 0 Å². The first-order valence-corrected chi connectivity index (χ1v) is 7.35. The fraction of sp³-hybridized carbons (Fsp3) is 0.250. The highest BCUT2D eigenvalue weighted by Gasteiger charge is 2.17. The van der Waals surface area contributed by atoms with Crippen LogP contribution in [0.2, 0.25) is 0 Å². The third-order valence-electron chi connectivity index (χ3n) is 3.10. The molecular formula is C16H15BrF2O2. The minimum absolute atomic E-state index is 0.120. The molecule has 0 aromatic heterocycles. The monoisotopic (exact) mass is 356 g/mol. The van der Waals surface area contributed by atoms with E-state index in [1.54, 1.807) is 18.2 Å². The van der Waals surface area contributed by atoms with Crippen LogP contribution in [0.1, 0.15) is 24.2 Å². The molecule has 2 aromatic rings. The van der Waals surface area contributed by atoms with E-state index < -0.39 is 17.7 Å². The highest BCUT2D eigenvalue weighted by Crippen LogP contribution is 2.30. The maximum atomic E-state index is 13.6. The largest absolute Gasteiger partial charge is 0.494 e. The maximum absolute atomic E-state index is 13.6. The first kappa shape index (κ1) is 15.9. The van der Waals surface area contributed by atoms with E-state index in [0.29, 0.717) is 22.4 Å². The molecule has 0 heterocycles. The van der Waals surface area contributed by atoms with Gasteiger partial charge in [0.05, 0.1) is 12.7 Å². The Kier molecular flexibility index (Phi) is 5.31. The van der Waals surface area contributed by atoms with Crippen LogP contribution in [0.5, 0.6) is 5.75 Å².